The van der Waals surface area contributed by atoms with Gasteiger partial charge in [-0.1, -0.05) is 6.92 Å². The summed E-state index contributed by atoms with van der Waals surface area (Å²) in [7, 11) is 0. The third-order valence-electron chi connectivity index (χ3n) is 2.24. The number of amides is 1. The number of carbonyl (C=O) groups excluding carboxylic acids is 1. The number of primary amides is 1. The summed E-state index contributed by atoms with van der Waals surface area (Å²) in [5.74, 6) is -0.0215. The number of anilines is 1. The average molecular weight is 224 g/mol. The Bertz CT molecular complexity index is 339. The molecule has 1 rings (SSSR count). The monoisotopic (exact) mass is 224 g/mol. The number of aromatic nitrogens is 2. The van der Waals surface area contributed by atoms with Crippen LogP contribution in [0.25, 0.3) is 0 Å². The van der Waals surface area contributed by atoms with Crippen LogP contribution in [0.1, 0.15) is 30.3 Å². The SMILES string of the molecule is CCC(CCO)Nc1ccc(C(N)=O)nn1. The normalized spacial score (nSPS) is 12.1. The van der Waals surface area contributed by atoms with Crippen molar-refractivity contribution in [3.05, 3.63) is 17.8 Å². The van der Waals surface area contributed by atoms with E-state index in [2.05, 4.69) is 15.5 Å². The van der Waals surface area contributed by atoms with E-state index in [4.69, 9.17) is 10.8 Å². The predicted octanol–water partition coefficient (Wildman–Crippen LogP) is 0.148. The van der Waals surface area contributed by atoms with Crippen LogP contribution in [0.2, 0.25) is 0 Å². The zero-order valence-corrected chi connectivity index (χ0v) is 9.18. The van der Waals surface area contributed by atoms with Gasteiger partial charge in [-0.2, -0.15) is 0 Å². The molecule has 1 heterocycles. The molecule has 1 amide bonds. The molecule has 6 heteroatoms. The molecule has 1 atom stereocenters. The third-order valence-corrected chi connectivity index (χ3v) is 2.24. The van der Waals surface area contributed by atoms with E-state index >= 15 is 0 Å². The van der Waals surface area contributed by atoms with Crippen LogP contribution in [0.4, 0.5) is 5.82 Å². The zero-order valence-electron chi connectivity index (χ0n) is 9.18. The molecule has 16 heavy (non-hydrogen) atoms. The van der Waals surface area contributed by atoms with Gasteiger partial charge in [-0.25, -0.2) is 0 Å². The van der Waals surface area contributed by atoms with Gasteiger partial charge in [0.15, 0.2) is 5.69 Å². The molecule has 6 nitrogen and oxygen atoms in total. The summed E-state index contributed by atoms with van der Waals surface area (Å²) in [6.07, 6.45) is 1.52. The summed E-state index contributed by atoms with van der Waals surface area (Å²) in [5, 5.41) is 19.4. The molecule has 0 bridgehead atoms. The van der Waals surface area contributed by atoms with Gasteiger partial charge in [0, 0.05) is 12.6 Å². The Morgan fingerprint density at radius 3 is 2.75 bits per heavy atom. The number of nitrogens with zero attached hydrogens (tertiary/aromatic N) is 2. The average Bonchev–Trinajstić information content (AvgIpc) is 2.29. The second-order valence-electron chi connectivity index (χ2n) is 3.43. The van der Waals surface area contributed by atoms with Crippen LogP contribution in [0.3, 0.4) is 0 Å². The first-order chi connectivity index (χ1) is 7.67. The van der Waals surface area contributed by atoms with Gasteiger partial charge in [0.1, 0.15) is 5.82 Å². The summed E-state index contributed by atoms with van der Waals surface area (Å²) in [4.78, 5) is 10.8. The highest BCUT2D eigenvalue weighted by atomic mass is 16.3. The molecule has 1 unspecified atom stereocenters. The Hall–Kier alpha value is -1.69. The van der Waals surface area contributed by atoms with Crippen molar-refractivity contribution in [2.45, 2.75) is 25.8 Å². The molecule has 0 saturated carbocycles. The molecule has 0 aliphatic carbocycles. The van der Waals surface area contributed by atoms with E-state index in [-0.39, 0.29) is 18.3 Å². The smallest absolute Gasteiger partial charge is 0.269 e. The van der Waals surface area contributed by atoms with Gasteiger partial charge in [-0.3, -0.25) is 4.79 Å². The molecular weight excluding hydrogens is 208 g/mol. The van der Waals surface area contributed by atoms with Gasteiger partial charge in [0.05, 0.1) is 0 Å². The number of nitrogens with one attached hydrogen (secondary N) is 1. The van der Waals surface area contributed by atoms with Gasteiger partial charge >= 0.3 is 0 Å². The lowest BCUT2D eigenvalue weighted by atomic mass is 10.1. The van der Waals surface area contributed by atoms with Crippen LogP contribution in [0, 0.1) is 0 Å². The molecule has 1 aromatic rings. The van der Waals surface area contributed by atoms with Gasteiger partial charge in [0.2, 0.25) is 0 Å². The summed E-state index contributed by atoms with van der Waals surface area (Å²) in [6, 6.07) is 3.31. The first kappa shape index (κ1) is 12.4. The number of rotatable bonds is 6. The number of hydrogen-bond donors (Lipinski definition) is 3. The molecule has 4 N–H and O–H groups in total. The van der Waals surface area contributed by atoms with Crippen molar-refractivity contribution in [2.24, 2.45) is 5.73 Å². The summed E-state index contributed by atoms with van der Waals surface area (Å²) in [5.41, 5.74) is 5.18. The second kappa shape index (κ2) is 6.02. The molecule has 1 aromatic heterocycles. The lowest BCUT2D eigenvalue weighted by molar-refractivity contribution is 0.0994. The minimum Gasteiger partial charge on any atom is -0.396 e. The van der Waals surface area contributed by atoms with Crippen molar-refractivity contribution in [1.29, 1.82) is 0 Å². The number of hydrogen-bond acceptors (Lipinski definition) is 5. The molecule has 0 spiro atoms. The number of aliphatic hydroxyl groups is 1. The van der Waals surface area contributed by atoms with Crippen LogP contribution in [-0.4, -0.2) is 33.9 Å². The van der Waals surface area contributed by atoms with E-state index < -0.39 is 5.91 Å². The van der Waals surface area contributed by atoms with E-state index in [1.54, 1.807) is 6.07 Å². The van der Waals surface area contributed by atoms with Gasteiger partial charge in [-0.15, -0.1) is 10.2 Å². The van der Waals surface area contributed by atoms with Crippen molar-refractivity contribution in [3.8, 4) is 0 Å². The van der Waals surface area contributed by atoms with Crippen LogP contribution in [0.15, 0.2) is 12.1 Å². The van der Waals surface area contributed by atoms with E-state index in [1.165, 1.54) is 6.07 Å². The Kier molecular flexibility index (Phi) is 4.65. The maximum atomic E-state index is 10.8. The largest absolute Gasteiger partial charge is 0.396 e. The molecule has 0 aromatic carbocycles. The molecule has 0 aliphatic rings. The van der Waals surface area contributed by atoms with Gasteiger partial charge in [-0.05, 0) is 25.0 Å². The Morgan fingerprint density at radius 1 is 1.56 bits per heavy atom. The van der Waals surface area contributed by atoms with Crippen LogP contribution >= 0.6 is 0 Å². The fourth-order valence-corrected chi connectivity index (χ4v) is 1.28. The number of aliphatic hydroxyl groups excluding tert-OH is 1. The molecule has 88 valence electrons. The maximum Gasteiger partial charge on any atom is 0.269 e. The highest BCUT2D eigenvalue weighted by molar-refractivity contribution is 5.90. The van der Waals surface area contributed by atoms with Crippen molar-refractivity contribution in [2.75, 3.05) is 11.9 Å². The molecule has 0 fully saturated rings. The fraction of sp³-hybridized carbons (Fsp3) is 0.500. The summed E-state index contributed by atoms with van der Waals surface area (Å²) >= 11 is 0. The van der Waals surface area contributed by atoms with Crippen molar-refractivity contribution < 1.29 is 9.90 Å². The van der Waals surface area contributed by atoms with Gasteiger partial charge < -0.3 is 16.2 Å². The predicted molar refractivity (Wildman–Crippen MR) is 60.0 cm³/mol. The molecule has 0 saturated heterocycles. The van der Waals surface area contributed by atoms with E-state index in [0.29, 0.717) is 12.2 Å². The van der Waals surface area contributed by atoms with Crippen molar-refractivity contribution in [3.63, 3.8) is 0 Å². The molecular formula is C10H16N4O2. The third kappa shape index (κ3) is 3.47. The first-order valence-electron chi connectivity index (χ1n) is 5.18. The molecule has 0 radical (unpaired) electrons. The van der Waals surface area contributed by atoms with Crippen molar-refractivity contribution in [1.82, 2.24) is 10.2 Å². The highest BCUT2D eigenvalue weighted by Gasteiger charge is 2.07. The summed E-state index contributed by atoms with van der Waals surface area (Å²) < 4.78 is 0. The van der Waals surface area contributed by atoms with Crippen molar-refractivity contribution >= 4 is 11.7 Å². The number of nitrogens with two attached hydrogens (primary N) is 1. The number of carbonyl (C=O) groups is 1. The van der Waals surface area contributed by atoms with E-state index in [9.17, 15) is 4.79 Å². The summed E-state index contributed by atoms with van der Waals surface area (Å²) in [6.45, 7) is 2.14. The van der Waals surface area contributed by atoms with E-state index in [0.717, 1.165) is 6.42 Å². The minimum atomic E-state index is -0.596. The van der Waals surface area contributed by atoms with Gasteiger partial charge in [0.25, 0.3) is 5.91 Å². The van der Waals surface area contributed by atoms with Crippen LogP contribution in [-0.2, 0) is 0 Å². The quantitative estimate of drug-likeness (QED) is 0.638. The maximum absolute atomic E-state index is 10.8. The highest BCUT2D eigenvalue weighted by Crippen LogP contribution is 2.07. The Morgan fingerprint density at radius 2 is 2.31 bits per heavy atom. The second-order valence-corrected chi connectivity index (χ2v) is 3.43. The van der Waals surface area contributed by atoms with Crippen LogP contribution < -0.4 is 11.1 Å². The fourth-order valence-electron chi connectivity index (χ4n) is 1.28. The Labute approximate surface area is 93.9 Å². The standard InChI is InChI=1S/C10H16N4O2/c1-2-7(5-6-15)12-9-4-3-8(10(11)16)13-14-9/h3-4,7,15H,2,5-6H2,1H3,(H2,11,16)(H,12,14). The Balaban J connectivity index is 2.63. The lowest BCUT2D eigenvalue weighted by Gasteiger charge is -2.15. The minimum absolute atomic E-state index is 0.123. The molecule has 0 aliphatic heterocycles. The van der Waals surface area contributed by atoms with E-state index in [1.807, 2.05) is 6.92 Å². The van der Waals surface area contributed by atoms with Crippen LogP contribution in [0.5, 0.6) is 0 Å². The first-order valence-corrected chi connectivity index (χ1v) is 5.18. The topological polar surface area (TPSA) is 101 Å². The lowest BCUT2D eigenvalue weighted by Crippen LogP contribution is -2.21. The zero-order chi connectivity index (χ0) is 12.0.